The number of nitrogens with one attached hydrogen (secondary N) is 1. The van der Waals surface area contributed by atoms with Crippen LogP contribution in [0.2, 0.25) is 0 Å². The minimum Gasteiger partial charge on any atom is -0.324 e. The van der Waals surface area contributed by atoms with E-state index in [1.54, 1.807) is 5.41 Å². The molecule has 0 aliphatic heterocycles. The van der Waals surface area contributed by atoms with Gasteiger partial charge in [0, 0.05) is 16.2 Å². The molecule has 5 nitrogen and oxygen atoms in total. The number of allylic oxidation sites excluding steroid dienone is 1. The summed E-state index contributed by atoms with van der Waals surface area (Å²) < 4.78 is 1.94. The van der Waals surface area contributed by atoms with Crippen LogP contribution in [0.3, 0.4) is 0 Å². The van der Waals surface area contributed by atoms with Crippen LogP contribution >= 0.6 is 11.8 Å². The molecular formula is C26H33N5S. The Kier molecular flexibility index (Phi) is 6.65. The van der Waals surface area contributed by atoms with E-state index in [1.807, 2.05) is 23.9 Å². The first-order chi connectivity index (χ1) is 15.0. The molecule has 0 fully saturated rings. The second-order valence-electron chi connectivity index (χ2n) is 9.73. The van der Waals surface area contributed by atoms with Gasteiger partial charge in [-0.15, -0.1) is 0 Å². The Morgan fingerprint density at radius 2 is 1.72 bits per heavy atom. The van der Waals surface area contributed by atoms with Gasteiger partial charge in [-0.3, -0.25) is 0 Å². The summed E-state index contributed by atoms with van der Waals surface area (Å²) in [5.41, 5.74) is 4.54. The molecule has 0 unspecified atom stereocenters. The molecule has 0 spiro atoms. The standard InChI is InChI=1S/C26H33N5S/c1-10-21(32-11-2)17(3)28-24-29-22(18-12-14-19(15-13-18)25(4,5)6)20-16-27-31(23(20)30-24)26(7,8)9/h10-16H,2-3H2,1,4-9H3,(H,28,29,30)/b21-10-. The van der Waals surface area contributed by atoms with Gasteiger partial charge in [0.2, 0.25) is 5.95 Å². The number of hydrogen-bond acceptors (Lipinski definition) is 5. The highest BCUT2D eigenvalue weighted by molar-refractivity contribution is 8.06. The van der Waals surface area contributed by atoms with E-state index in [2.05, 4.69) is 89.4 Å². The first-order valence-electron chi connectivity index (χ1n) is 10.7. The van der Waals surface area contributed by atoms with Gasteiger partial charge in [0.1, 0.15) is 0 Å². The zero-order chi connectivity index (χ0) is 23.7. The summed E-state index contributed by atoms with van der Waals surface area (Å²) in [5.74, 6) is 0.493. The molecule has 0 aliphatic carbocycles. The molecule has 1 N–H and O–H groups in total. The molecule has 0 saturated carbocycles. The fraction of sp³-hybridized carbons (Fsp3) is 0.346. The second-order valence-corrected chi connectivity index (χ2v) is 10.7. The van der Waals surface area contributed by atoms with Crippen molar-refractivity contribution in [1.29, 1.82) is 0 Å². The van der Waals surface area contributed by atoms with E-state index in [-0.39, 0.29) is 11.0 Å². The van der Waals surface area contributed by atoms with Crippen LogP contribution in [0, 0.1) is 0 Å². The summed E-state index contributed by atoms with van der Waals surface area (Å²) in [6.45, 7) is 22.9. The maximum absolute atomic E-state index is 4.88. The van der Waals surface area contributed by atoms with Crippen molar-refractivity contribution in [2.24, 2.45) is 0 Å². The van der Waals surface area contributed by atoms with E-state index >= 15 is 0 Å². The van der Waals surface area contributed by atoms with Gasteiger partial charge in [-0.2, -0.15) is 10.1 Å². The topological polar surface area (TPSA) is 55.6 Å². The Hall–Kier alpha value is -2.86. The SMILES string of the molecule is C=CS/C(=C\C)C(=C)Nc1nc(-c2ccc(C(C)(C)C)cc2)c2cnn(C(C)(C)C)c2n1. The van der Waals surface area contributed by atoms with Crippen LogP contribution in [0.25, 0.3) is 22.3 Å². The molecule has 0 saturated heterocycles. The number of rotatable bonds is 6. The van der Waals surface area contributed by atoms with E-state index in [9.17, 15) is 0 Å². The van der Waals surface area contributed by atoms with Crippen molar-refractivity contribution in [1.82, 2.24) is 19.7 Å². The Morgan fingerprint density at radius 1 is 1.06 bits per heavy atom. The normalized spacial score (nSPS) is 12.8. The molecule has 3 aromatic rings. The van der Waals surface area contributed by atoms with Gasteiger partial charge in [0.25, 0.3) is 0 Å². The Balaban J connectivity index is 2.16. The van der Waals surface area contributed by atoms with Gasteiger partial charge >= 0.3 is 0 Å². The minimum absolute atomic E-state index is 0.0901. The largest absolute Gasteiger partial charge is 0.324 e. The van der Waals surface area contributed by atoms with E-state index in [1.165, 1.54) is 17.3 Å². The van der Waals surface area contributed by atoms with Gasteiger partial charge in [0.15, 0.2) is 5.65 Å². The van der Waals surface area contributed by atoms with E-state index in [4.69, 9.17) is 9.97 Å². The molecule has 0 bridgehead atoms. The summed E-state index contributed by atoms with van der Waals surface area (Å²) in [6, 6.07) is 8.59. The van der Waals surface area contributed by atoms with Crippen LogP contribution in [0.5, 0.6) is 0 Å². The molecule has 1 aromatic carbocycles. The van der Waals surface area contributed by atoms with E-state index in [0.717, 1.165) is 32.9 Å². The zero-order valence-corrected chi connectivity index (χ0v) is 21.0. The van der Waals surface area contributed by atoms with Crippen LogP contribution < -0.4 is 5.32 Å². The first-order valence-corrected chi connectivity index (χ1v) is 11.6. The molecule has 0 aliphatic rings. The number of fused-ring (bicyclic) bond motifs is 1. The predicted molar refractivity (Wildman–Crippen MR) is 139 cm³/mol. The number of hydrogen-bond donors (Lipinski definition) is 1. The van der Waals surface area contributed by atoms with Crippen LogP contribution in [0.15, 0.2) is 65.7 Å². The molecule has 6 heteroatoms. The molecule has 3 rings (SSSR count). The van der Waals surface area contributed by atoms with Gasteiger partial charge in [-0.05, 0) is 44.1 Å². The average Bonchev–Trinajstić information content (AvgIpc) is 3.15. The lowest BCUT2D eigenvalue weighted by molar-refractivity contribution is 0.366. The summed E-state index contributed by atoms with van der Waals surface area (Å²) in [7, 11) is 0. The lowest BCUT2D eigenvalue weighted by Gasteiger charge is -2.21. The molecule has 0 radical (unpaired) electrons. The van der Waals surface area contributed by atoms with Crippen molar-refractivity contribution in [2.45, 2.75) is 59.4 Å². The molecule has 2 heterocycles. The smallest absolute Gasteiger partial charge is 0.229 e. The van der Waals surface area contributed by atoms with Gasteiger partial charge in [-0.1, -0.05) is 76.0 Å². The molecule has 0 atom stereocenters. The highest BCUT2D eigenvalue weighted by atomic mass is 32.2. The summed E-state index contributed by atoms with van der Waals surface area (Å²) in [6.07, 6.45) is 3.85. The molecule has 32 heavy (non-hydrogen) atoms. The maximum Gasteiger partial charge on any atom is 0.229 e. The third-order valence-electron chi connectivity index (χ3n) is 5.12. The van der Waals surface area contributed by atoms with Crippen molar-refractivity contribution in [2.75, 3.05) is 5.32 Å². The van der Waals surface area contributed by atoms with Gasteiger partial charge < -0.3 is 5.32 Å². The van der Waals surface area contributed by atoms with Crippen molar-refractivity contribution in [3.63, 3.8) is 0 Å². The number of nitrogens with zero attached hydrogens (tertiary/aromatic N) is 4. The van der Waals surface area contributed by atoms with Crippen LogP contribution in [-0.2, 0) is 11.0 Å². The minimum atomic E-state index is -0.217. The van der Waals surface area contributed by atoms with Gasteiger partial charge in [0.05, 0.1) is 22.8 Å². The van der Waals surface area contributed by atoms with Crippen molar-refractivity contribution in [3.8, 4) is 11.3 Å². The maximum atomic E-state index is 4.88. The van der Waals surface area contributed by atoms with Crippen LogP contribution in [-0.4, -0.2) is 19.7 Å². The summed E-state index contributed by atoms with van der Waals surface area (Å²) in [4.78, 5) is 10.7. The fourth-order valence-electron chi connectivity index (χ4n) is 3.40. The average molecular weight is 448 g/mol. The highest BCUT2D eigenvalue weighted by Crippen LogP contribution is 2.32. The molecule has 2 aromatic heterocycles. The fourth-order valence-corrected chi connectivity index (χ4v) is 3.91. The Morgan fingerprint density at radius 3 is 2.25 bits per heavy atom. The quantitative estimate of drug-likeness (QED) is 0.403. The lowest BCUT2D eigenvalue weighted by atomic mass is 9.86. The van der Waals surface area contributed by atoms with E-state index < -0.39 is 0 Å². The zero-order valence-electron chi connectivity index (χ0n) is 20.2. The Labute approximate surface area is 195 Å². The monoisotopic (exact) mass is 447 g/mol. The third kappa shape index (κ3) is 4.96. The molecular weight excluding hydrogens is 414 g/mol. The molecule has 0 amide bonds. The van der Waals surface area contributed by atoms with Crippen LogP contribution in [0.1, 0.15) is 54.0 Å². The lowest BCUT2D eigenvalue weighted by Crippen LogP contribution is -2.23. The van der Waals surface area contributed by atoms with Gasteiger partial charge in [-0.25, -0.2) is 9.67 Å². The third-order valence-corrected chi connectivity index (χ3v) is 6.02. The summed E-state index contributed by atoms with van der Waals surface area (Å²) >= 11 is 1.51. The predicted octanol–water partition coefficient (Wildman–Crippen LogP) is 7.25. The van der Waals surface area contributed by atoms with Crippen molar-refractivity contribution >= 4 is 28.7 Å². The van der Waals surface area contributed by atoms with E-state index in [0.29, 0.717) is 5.95 Å². The van der Waals surface area contributed by atoms with Crippen molar-refractivity contribution in [3.05, 3.63) is 71.3 Å². The number of thioether (sulfide) groups is 1. The summed E-state index contributed by atoms with van der Waals surface area (Å²) in [5, 5.41) is 10.6. The number of benzene rings is 1. The van der Waals surface area contributed by atoms with Crippen LogP contribution in [0.4, 0.5) is 5.95 Å². The van der Waals surface area contributed by atoms with Crippen molar-refractivity contribution < 1.29 is 0 Å². The Bertz CT molecular complexity index is 1170. The highest BCUT2D eigenvalue weighted by Gasteiger charge is 2.22. The number of anilines is 1. The molecule has 168 valence electrons. The number of aromatic nitrogens is 4. The second kappa shape index (κ2) is 8.94. The first kappa shape index (κ1) is 23.8.